The number of nitrogens with zero attached hydrogens (tertiary/aromatic N) is 3. The van der Waals surface area contributed by atoms with E-state index in [0.29, 0.717) is 17.2 Å². The fourth-order valence-electron chi connectivity index (χ4n) is 0.874. The van der Waals surface area contributed by atoms with Crippen LogP contribution in [0.3, 0.4) is 0 Å². The lowest BCUT2D eigenvalue weighted by atomic mass is 10.4. The fraction of sp³-hybridized carbons (Fsp3) is 0.500. The number of hydrogen-bond donors (Lipinski definition) is 0. The van der Waals surface area contributed by atoms with Crippen LogP contribution in [0.2, 0.25) is 0 Å². The van der Waals surface area contributed by atoms with Gasteiger partial charge in [0.2, 0.25) is 0 Å². The number of aromatic nitrogens is 3. The zero-order valence-corrected chi connectivity index (χ0v) is 9.23. The summed E-state index contributed by atoms with van der Waals surface area (Å²) >= 11 is 1.31. The highest BCUT2D eigenvalue weighted by Gasteiger charge is 2.12. The summed E-state index contributed by atoms with van der Waals surface area (Å²) in [7, 11) is 1.80. The summed E-state index contributed by atoms with van der Waals surface area (Å²) in [4.78, 5) is 21.2. The van der Waals surface area contributed by atoms with E-state index in [1.165, 1.54) is 18.7 Å². The molecule has 1 rings (SSSR count). The molecule has 0 fully saturated rings. The molecule has 0 amide bonds. The van der Waals surface area contributed by atoms with Crippen LogP contribution in [0.15, 0.2) is 11.5 Å². The Balaban J connectivity index is 2.44. The minimum atomic E-state index is -0.732. The zero-order valence-electron chi connectivity index (χ0n) is 8.41. The molecule has 15 heavy (non-hydrogen) atoms. The van der Waals surface area contributed by atoms with Gasteiger partial charge in [-0.25, -0.2) is 0 Å². The lowest BCUT2D eigenvalue weighted by molar-refractivity contribution is -0.148. The van der Waals surface area contributed by atoms with E-state index in [4.69, 9.17) is 4.74 Å². The Hall–Kier alpha value is -1.37. The third-order valence-electron chi connectivity index (χ3n) is 1.52. The van der Waals surface area contributed by atoms with E-state index in [1.807, 2.05) is 0 Å². The molecular weight excluding hydrogens is 218 g/mol. The quantitative estimate of drug-likeness (QED) is 0.403. The second-order valence-corrected chi connectivity index (χ2v) is 3.81. The smallest absolute Gasteiger partial charge is 0.303 e. The second kappa shape index (κ2) is 5.50. The number of carbonyl (C=O) groups excluding carboxylic acids is 2. The molecule has 0 saturated heterocycles. The number of hydrogen-bond acceptors (Lipinski definition) is 6. The van der Waals surface area contributed by atoms with Gasteiger partial charge in [0, 0.05) is 19.7 Å². The van der Waals surface area contributed by atoms with Crippen molar-refractivity contribution in [3.05, 3.63) is 6.33 Å². The van der Waals surface area contributed by atoms with E-state index < -0.39 is 12.1 Å². The van der Waals surface area contributed by atoms with Crippen LogP contribution in [-0.4, -0.2) is 38.9 Å². The number of carbonyl (C=O) groups is 2. The van der Waals surface area contributed by atoms with Gasteiger partial charge in [0.05, 0.1) is 0 Å². The van der Waals surface area contributed by atoms with Crippen LogP contribution >= 0.6 is 11.8 Å². The maximum absolute atomic E-state index is 10.6. The van der Waals surface area contributed by atoms with Gasteiger partial charge in [-0.1, -0.05) is 11.8 Å². The molecule has 0 bridgehead atoms. The van der Waals surface area contributed by atoms with Crippen LogP contribution in [0.1, 0.15) is 6.92 Å². The normalized spacial score (nSPS) is 12.1. The third-order valence-corrected chi connectivity index (χ3v) is 2.64. The molecule has 82 valence electrons. The Bertz CT molecular complexity index is 353. The van der Waals surface area contributed by atoms with Crippen LogP contribution < -0.4 is 0 Å². The van der Waals surface area contributed by atoms with Gasteiger partial charge >= 0.3 is 5.97 Å². The van der Waals surface area contributed by atoms with Gasteiger partial charge in [-0.15, -0.1) is 10.2 Å². The molecule has 0 radical (unpaired) electrons. The second-order valence-electron chi connectivity index (χ2n) is 2.82. The topological polar surface area (TPSA) is 74.1 Å². The van der Waals surface area contributed by atoms with Crippen molar-refractivity contribution in [3.8, 4) is 0 Å². The highest BCUT2D eigenvalue weighted by atomic mass is 32.2. The molecular formula is C8H11N3O3S. The lowest BCUT2D eigenvalue weighted by Gasteiger charge is -2.08. The van der Waals surface area contributed by atoms with Crippen molar-refractivity contribution < 1.29 is 14.3 Å². The van der Waals surface area contributed by atoms with Gasteiger partial charge in [-0.3, -0.25) is 9.59 Å². The highest BCUT2D eigenvalue weighted by molar-refractivity contribution is 7.99. The number of aldehydes is 1. The first-order valence-corrected chi connectivity index (χ1v) is 5.21. The van der Waals surface area contributed by atoms with Gasteiger partial charge in [0.15, 0.2) is 17.5 Å². The average Bonchev–Trinajstić information content (AvgIpc) is 2.58. The SMILES string of the molecule is CC(=O)OC(C=O)CSc1nncn1C. The maximum atomic E-state index is 10.6. The molecule has 1 aromatic rings. The van der Waals surface area contributed by atoms with Gasteiger partial charge in [0.1, 0.15) is 6.33 Å². The first kappa shape index (κ1) is 11.7. The van der Waals surface area contributed by atoms with Crippen LogP contribution in [0.4, 0.5) is 0 Å². The first-order valence-electron chi connectivity index (χ1n) is 4.22. The van der Waals surface area contributed by atoms with Crippen LogP contribution in [-0.2, 0) is 21.4 Å². The minimum absolute atomic E-state index is 0.343. The van der Waals surface area contributed by atoms with E-state index in [1.54, 1.807) is 17.9 Å². The molecule has 0 aliphatic carbocycles. The summed E-state index contributed by atoms with van der Waals surface area (Å²) in [6, 6.07) is 0. The van der Waals surface area contributed by atoms with Gasteiger partial charge in [0.25, 0.3) is 0 Å². The Morgan fingerprint density at radius 2 is 2.53 bits per heavy atom. The molecule has 1 unspecified atom stereocenters. The molecule has 0 N–H and O–H groups in total. The summed E-state index contributed by atoms with van der Waals surface area (Å²) in [5, 5.41) is 8.18. The molecule has 7 heteroatoms. The molecule has 1 atom stereocenters. The van der Waals surface area contributed by atoms with Gasteiger partial charge in [-0.05, 0) is 0 Å². The summed E-state index contributed by atoms with van der Waals surface area (Å²) in [5.41, 5.74) is 0. The largest absolute Gasteiger partial charge is 0.454 e. The number of rotatable bonds is 5. The summed E-state index contributed by atoms with van der Waals surface area (Å²) in [5.74, 6) is -0.124. The van der Waals surface area contributed by atoms with Gasteiger partial charge in [-0.2, -0.15) is 0 Å². The van der Waals surface area contributed by atoms with Crippen LogP contribution in [0, 0.1) is 0 Å². The van der Waals surface area contributed by atoms with Crippen molar-refractivity contribution >= 4 is 24.0 Å². The Morgan fingerprint density at radius 3 is 3.00 bits per heavy atom. The van der Waals surface area contributed by atoms with Crippen molar-refractivity contribution in [1.29, 1.82) is 0 Å². The van der Waals surface area contributed by atoms with E-state index in [9.17, 15) is 9.59 Å². The summed E-state index contributed by atoms with van der Waals surface area (Å²) in [6.45, 7) is 1.27. The van der Waals surface area contributed by atoms with Crippen LogP contribution in [0.5, 0.6) is 0 Å². The lowest BCUT2D eigenvalue weighted by Crippen LogP contribution is -2.20. The van der Waals surface area contributed by atoms with Crippen molar-refractivity contribution in [1.82, 2.24) is 14.8 Å². The van der Waals surface area contributed by atoms with E-state index >= 15 is 0 Å². The van der Waals surface area contributed by atoms with Crippen molar-refractivity contribution in [2.24, 2.45) is 7.05 Å². The number of esters is 1. The summed E-state index contributed by atoms with van der Waals surface area (Å²) < 4.78 is 6.47. The summed E-state index contributed by atoms with van der Waals surface area (Å²) in [6.07, 6.45) is 1.43. The maximum Gasteiger partial charge on any atom is 0.303 e. The number of ether oxygens (including phenoxy) is 1. The molecule has 0 aliphatic heterocycles. The average molecular weight is 229 g/mol. The standard InChI is InChI=1S/C8H11N3O3S/c1-6(13)14-7(3-12)4-15-8-10-9-5-11(8)2/h3,5,7H,4H2,1-2H3. The predicted molar refractivity (Wildman–Crippen MR) is 53.3 cm³/mol. The van der Waals surface area contributed by atoms with Crippen molar-refractivity contribution in [2.45, 2.75) is 18.2 Å². The molecule has 6 nitrogen and oxygen atoms in total. The van der Waals surface area contributed by atoms with Crippen molar-refractivity contribution in [2.75, 3.05) is 5.75 Å². The minimum Gasteiger partial charge on any atom is -0.454 e. The predicted octanol–water partition coefficient (Wildman–Crippen LogP) is 0.0378. The van der Waals surface area contributed by atoms with Crippen molar-refractivity contribution in [3.63, 3.8) is 0 Å². The Kier molecular flexibility index (Phi) is 4.29. The third kappa shape index (κ3) is 3.70. The monoisotopic (exact) mass is 229 g/mol. The molecule has 0 spiro atoms. The highest BCUT2D eigenvalue weighted by Crippen LogP contribution is 2.15. The van der Waals surface area contributed by atoms with E-state index in [-0.39, 0.29) is 0 Å². The Morgan fingerprint density at radius 1 is 1.80 bits per heavy atom. The van der Waals surface area contributed by atoms with E-state index in [0.717, 1.165) is 0 Å². The first-order chi connectivity index (χ1) is 7.13. The van der Waals surface area contributed by atoms with E-state index in [2.05, 4.69) is 10.2 Å². The number of aryl methyl sites for hydroxylation is 1. The number of thioether (sulfide) groups is 1. The Labute approximate surface area is 91.0 Å². The molecule has 0 aromatic carbocycles. The molecule has 1 heterocycles. The molecule has 0 aliphatic rings. The van der Waals surface area contributed by atoms with Crippen LogP contribution in [0.25, 0.3) is 0 Å². The van der Waals surface area contributed by atoms with Gasteiger partial charge < -0.3 is 9.30 Å². The molecule has 1 aromatic heterocycles. The fourth-order valence-corrected chi connectivity index (χ4v) is 1.69. The molecule has 0 saturated carbocycles. The zero-order chi connectivity index (χ0) is 11.3.